The van der Waals surface area contributed by atoms with Crippen molar-refractivity contribution in [2.45, 2.75) is 32.1 Å². The van der Waals surface area contributed by atoms with Gasteiger partial charge in [-0.1, -0.05) is 44.0 Å². The second kappa shape index (κ2) is 4.77. The largest absolute Gasteiger partial charge is 0.316 e. The molecule has 1 aromatic carbocycles. The summed E-state index contributed by atoms with van der Waals surface area (Å²) in [5.74, 6) is 0.840. The molecule has 2 heteroatoms. The zero-order valence-electron chi connectivity index (χ0n) is 10.1. The quantitative estimate of drug-likeness (QED) is 0.825. The van der Waals surface area contributed by atoms with Gasteiger partial charge in [0.25, 0.3) is 0 Å². The zero-order valence-corrected chi connectivity index (χ0v) is 10.8. The van der Waals surface area contributed by atoms with Crippen LogP contribution in [0, 0.1) is 5.92 Å². The van der Waals surface area contributed by atoms with Crippen molar-refractivity contribution in [1.29, 1.82) is 0 Å². The van der Waals surface area contributed by atoms with Crippen LogP contribution in [-0.4, -0.2) is 13.1 Å². The Kier molecular flexibility index (Phi) is 3.56. The van der Waals surface area contributed by atoms with Crippen LogP contribution in [-0.2, 0) is 5.41 Å². The third kappa shape index (κ3) is 2.11. The first-order valence-electron chi connectivity index (χ1n) is 6.19. The Bertz CT molecular complexity index is 346. The number of rotatable bonds is 5. The van der Waals surface area contributed by atoms with Crippen LogP contribution >= 0.6 is 11.6 Å². The smallest absolute Gasteiger partial charge is 0.0406 e. The summed E-state index contributed by atoms with van der Waals surface area (Å²) in [5, 5.41) is 4.33. The minimum Gasteiger partial charge on any atom is -0.316 e. The summed E-state index contributed by atoms with van der Waals surface area (Å²) in [7, 11) is 0. The van der Waals surface area contributed by atoms with E-state index in [0.29, 0.717) is 5.41 Å². The first-order valence-corrected chi connectivity index (χ1v) is 6.57. The highest BCUT2D eigenvalue weighted by Gasteiger charge is 2.53. The summed E-state index contributed by atoms with van der Waals surface area (Å²) in [6, 6.07) is 8.40. The van der Waals surface area contributed by atoms with Crippen LogP contribution in [0.25, 0.3) is 0 Å². The molecule has 0 aliphatic heterocycles. The summed E-state index contributed by atoms with van der Waals surface area (Å²) in [6.07, 6.45) is 2.59. The third-order valence-corrected chi connectivity index (χ3v) is 4.09. The van der Waals surface area contributed by atoms with E-state index in [1.165, 1.54) is 18.4 Å². The average molecular weight is 238 g/mol. The number of hydrogen-bond acceptors (Lipinski definition) is 1. The monoisotopic (exact) mass is 237 g/mol. The number of benzene rings is 1. The van der Waals surface area contributed by atoms with E-state index in [4.69, 9.17) is 11.6 Å². The maximum Gasteiger partial charge on any atom is 0.0406 e. The molecule has 2 rings (SSSR count). The minimum atomic E-state index is 0.384. The molecule has 0 spiro atoms. The first kappa shape index (κ1) is 11.9. The molecule has 0 radical (unpaired) electrons. The molecular weight excluding hydrogens is 218 g/mol. The molecule has 1 aliphatic rings. The molecule has 16 heavy (non-hydrogen) atoms. The van der Waals surface area contributed by atoms with Crippen LogP contribution in [0.4, 0.5) is 0 Å². The van der Waals surface area contributed by atoms with Gasteiger partial charge in [0.1, 0.15) is 0 Å². The van der Waals surface area contributed by atoms with Crippen molar-refractivity contribution in [2.24, 2.45) is 5.92 Å². The van der Waals surface area contributed by atoms with E-state index in [1.54, 1.807) is 0 Å². The Hall–Kier alpha value is -0.530. The molecule has 1 fully saturated rings. The summed E-state index contributed by atoms with van der Waals surface area (Å²) in [4.78, 5) is 0. The van der Waals surface area contributed by atoms with E-state index in [1.807, 2.05) is 12.1 Å². The minimum absolute atomic E-state index is 0.384. The Balaban J connectivity index is 2.17. The van der Waals surface area contributed by atoms with Crippen molar-refractivity contribution in [1.82, 2.24) is 5.32 Å². The first-order chi connectivity index (χ1) is 7.73. The van der Waals surface area contributed by atoms with Gasteiger partial charge >= 0.3 is 0 Å². The van der Waals surface area contributed by atoms with Crippen LogP contribution in [0.1, 0.15) is 32.3 Å². The highest BCUT2D eigenvalue weighted by atomic mass is 35.5. The Labute approximate surface area is 103 Å². The van der Waals surface area contributed by atoms with Crippen molar-refractivity contribution >= 4 is 11.6 Å². The fourth-order valence-electron chi connectivity index (χ4n) is 2.72. The van der Waals surface area contributed by atoms with Gasteiger partial charge in [0.15, 0.2) is 0 Å². The molecule has 1 aliphatic carbocycles. The normalized spacial score (nSPS) is 28.1. The van der Waals surface area contributed by atoms with E-state index in [2.05, 4.69) is 31.3 Å². The van der Waals surface area contributed by atoms with Crippen molar-refractivity contribution < 1.29 is 0 Å². The third-order valence-electron chi connectivity index (χ3n) is 3.83. The lowest BCUT2D eigenvalue weighted by molar-refractivity contribution is 0.534. The van der Waals surface area contributed by atoms with Gasteiger partial charge in [0.05, 0.1) is 0 Å². The molecule has 0 bridgehead atoms. The Morgan fingerprint density at radius 1 is 1.31 bits per heavy atom. The molecule has 2 unspecified atom stereocenters. The Morgan fingerprint density at radius 2 is 2.00 bits per heavy atom. The molecular formula is C14H20ClN. The Morgan fingerprint density at radius 3 is 2.50 bits per heavy atom. The molecule has 0 heterocycles. The van der Waals surface area contributed by atoms with E-state index in [-0.39, 0.29) is 0 Å². The molecule has 0 saturated heterocycles. The molecule has 0 amide bonds. The van der Waals surface area contributed by atoms with Gasteiger partial charge in [-0.25, -0.2) is 0 Å². The van der Waals surface area contributed by atoms with Crippen LogP contribution in [0.3, 0.4) is 0 Å². The topological polar surface area (TPSA) is 12.0 Å². The maximum atomic E-state index is 5.94. The number of likely N-dealkylation sites (N-methyl/N-ethyl adjacent to an activating group) is 1. The second-order valence-electron chi connectivity index (χ2n) is 4.75. The number of hydrogen-bond donors (Lipinski definition) is 1. The van der Waals surface area contributed by atoms with Crippen molar-refractivity contribution in [2.75, 3.05) is 13.1 Å². The predicted molar refractivity (Wildman–Crippen MR) is 70.1 cm³/mol. The van der Waals surface area contributed by atoms with Crippen molar-refractivity contribution in [3.8, 4) is 0 Å². The van der Waals surface area contributed by atoms with Gasteiger partial charge in [-0.15, -0.1) is 0 Å². The lowest BCUT2D eigenvalue weighted by Crippen LogP contribution is -2.28. The van der Waals surface area contributed by atoms with Gasteiger partial charge in [-0.2, -0.15) is 0 Å². The summed E-state index contributed by atoms with van der Waals surface area (Å²) < 4.78 is 0. The van der Waals surface area contributed by atoms with Crippen molar-refractivity contribution in [3.05, 3.63) is 34.9 Å². The van der Waals surface area contributed by atoms with Gasteiger partial charge in [0, 0.05) is 17.0 Å². The van der Waals surface area contributed by atoms with E-state index >= 15 is 0 Å². The molecule has 1 aromatic rings. The lowest BCUT2D eigenvalue weighted by atomic mass is 9.92. The standard InChI is InChI=1S/C14H20ClN/c1-3-11-9-14(11,10-16-4-2)12-5-7-13(15)8-6-12/h5-8,11,16H,3-4,9-10H2,1-2H3. The van der Waals surface area contributed by atoms with Gasteiger partial charge < -0.3 is 5.32 Å². The highest BCUT2D eigenvalue weighted by molar-refractivity contribution is 6.30. The molecule has 88 valence electrons. The van der Waals surface area contributed by atoms with E-state index < -0.39 is 0 Å². The molecule has 1 saturated carbocycles. The second-order valence-corrected chi connectivity index (χ2v) is 5.19. The SMILES string of the molecule is CCNCC1(c2ccc(Cl)cc2)CC1CC. The van der Waals surface area contributed by atoms with Crippen LogP contribution < -0.4 is 5.32 Å². The number of halogens is 1. The fourth-order valence-corrected chi connectivity index (χ4v) is 2.84. The number of nitrogens with one attached hydrogen (secondary N) is 1. The average Bonchev–Trinajstić information content (AvgIpc) is 3.02. The summed E-state index contributed by atoms with van der Waals surface area (Å²) in [5.41, 5.74) is 1.83. The fraction of sp³-hybridized carbons (Fsp3) is 0.571. The van der Waals surface area contributed by atoms with Gasteiger partial charge in [-0.3, -0.25) is 0 Å². The van der Waals surface area contributed by atoms with Gasteiger partial charge in [0.2, 0.25) is 0 Å². The van der Waals surface area contributed by atoms with E-state index in [0.717, 1.165) is 24.0 Å². The molecule has 2 atom stereocenters. The highest BCUT2D eigenvalue weighted by Crippen LogP contribution is 2.55. The molecule has 1 nitrogen and oxygen atoms in total. The molecule has 1 N–H and O–H groups in total. The lowest BCUT2D eigenvalue weighted by Gasteiger charge is -2.18. The van der Waals surface area contributed by atoms with Crippen LogP contribution in [0.5, 0.6) is 0 Å². The maximum absolute atomic E-state index is 5.94. The summed E-state index contributed by atoms with van der Waals surface area (Å²) in [6.45, 7) is 6.60. The van der Waals surface area contributed by atoms with Crippen LogP contribution in [0.2, 0.25) is 5.02 Å². The van der Waals surface area contributed by atoms with E-state index in [9.17, 15) is 0 Å². The predicted octanol–water partition coefficient (Wildman–Crippen LogP) is 3.62. The molecule has 0 aromatic heterocycles. The summed E-state index contributed by atoms with van der Waals surface area (Å²) >= 11 is 5.94. The van der Waals surface area contributed by atoms with Crippen LogP contribution in [0.15, 0.2) is 24.3 Å². The van der Waals surface area contributed by atoms with Gasteiger partial charge in [-0.05, 0) is 36.6 Å². The zero-order chi connectivity index (χ0) is 11.6. The van der Waals surface area contributed by atoms with Crippen molar-refractivity contribution in [3.63, 3.8) is 0 Å².